The van der Waals surface area contributed by atoms with Crippen molar-refractivity contribution in [3.05, 3.63) is 29.8 Å². The molecule has 0 saturated heterocycles. The van der Waals surface area contributed by atoms with Crippen molar-refractivity contribution in [3.63, 3.8) is 0 Å². The Morgan fingerprint density at radius 2 is 1.50 bits per heavy atom. The molecule has 4 N–H and O–H groups in total. The van der Waals surface area contributed by atoms with Crippen molar-refractivity contribution in [1.29, 1.82) is 0 Å². The fourth-order valence-corrected chi connectivity index (χ4v) is 4.31. The molecule has 0 saturated carbocycles. The summed E-state index contributed by atoms with van der Waals surface area (Å²) in [6.45, 7) is 7.66. The number of hydrogen-bond acceptors (Lipinski definition) is 6. The zero-order chi connectivity index (χ0) is 27.4. The van der Waals surface area contributed by atoms with Crippen LogP contribution in [0.2, 0.25) is 0 Å². The van der Waals surface area contributed by atoms with E-state index in [0.717, 1.165) is 5.56 Å². The van der Waals surface area contributed by atoms with Crippen LogP contribution in [0.3, 0.4) is 0 Å². The van der Waals surface area contributed by atoms with E-state index in [-0.39, 0.29) is 36.5 Å². The van der Waals surface area contributed by atoms with Crippen LogP contribution in [0.1, 0.15) is 52.5 Å². The van der Waals surface area contributed by atoms with Crippen molar-refractivity contribution in [2.24, 2.45) is 17.8 Å². The summed E-state index contributed by atoms with van der Waals surface area (Å²) in [4.78, 5) is 50.0. The van der Waals surface area contributed by atoms with Crippen LogP contribution < -0.4 is 20.7 Å². The molecule has 0 bridgehead atoms. The number of thiol groups is 1. The highest BCUT2D eigenvalue weighted by Crippen LogP contribution is 2.23. The number of methoxy groups -OCH3 is 1. The van der Waals surface area contributed by atoms with Gasteiger partial charge >= 0.3 is 5.97 Å². The summed E-state index contributed by atoms with van der Waals surface area (Å²) in [6, 6.07) is 5.40. The lowest BCUT2D eigenvalue weighted by Crippen LogP contribution is -2.50. The van der Waals surface area contributed by atoms with E-state index >= 15 is 0 Å². The molecule has 0 aromatic heterocycles. The lowest BCUT2D eigenvalue weighted by Gasteiger charge is -2.27. The molecule has 0 fully saturated rings. The van der Waals surface area contributed by atoms with Gasteiger partial charge in [-0.3, -0.25) is 14.4 Å². The molecule has 0 heterocycles. The second-order valence-corrected chi connectivity index (χ2v) is 10.5. The van der Waals surface area contributed by atoms with Gasteiger partial charge in [0.2, 0.25) is 17.7 Å². The minimum atomic E-state index is -1.10. The van der Waals surface area contributed by atoms with Gasteiger partial charge in [-0.05, 0) is 42.4 Å². The number of carbonyl (C=O) groups excluding carboxylic acids is 3. The van der Waals surface area contributed by atoms with Crippen molar-refractivity contribution in [1.82, 2.24) is 16.0 Å². The van der Waals surface area contributed by atoms with E-state index in [4.69, 9.17) is 4.74 Å². The molecular formula is C26H41N3O6S. The van der Waals surface area contributed by atoms with Gasteiger partial charge in [0, 0.05) is 25.1 Å². The second kappa shape index (κ2) is 15.4. The van der Waals surface area contributed by atoms with E-state index < -0.39 is 35.1 Å². The van der Waals surface area contributed by atoms with Gasteiger partial charge in [-0.2, -0.15) is 12.6 Å². The van der Waals surface area contributed by atoms with Gasteiger partial charge in [0.15, 0.2) is 0 Å². The zero-order valence-electron chi connectivity index (χ0n) is 22.0. The van der Waals surface area contributed by atoms with Crippen molar-refractivity contribution < 1.29 is 29.0 Å². The minimum Gasteiger partial charge on any atom is -0.497 e. The standard InChI is InChI=1S/C26H41N3O6S/c1-15(2)11-19(22(36)14-23(30)28-21(26(33)34)12-16(3)4)24(31)29-20(25(32)27-5)13-17-7-9-18(35-6)10-8-17/h7-10,15-16,19-22,36H,11-14H2,1-6H3,(H,27,32)(H,28,30)(H,29,31)(H,33,34)/t19?,20-,21+,22?/m0/s1. The van der Waals surface area contributed by atoms with Crippen molar-refractivity contribution in [3.8, 4) is 5.75 Å². The number of benzene rings is 1. The third kappa shape index (κ3) is 10.9. The molecule has 4 atom stereocenters. The lowest BCUT2D eigenvalue weighted by atomic mass is 9.90. The second-order valence-electron chi connectivity index (χ2n) is 9.82. The molecule has 9 nitrogen and oxygen atoms in total. The van der Waals surface area contributed by atoms with Gasteiger partial charge in [0.05, 0.1) is 13.0 Å². The van der Waals surface area contributed by atoms with E-state index in [2.05, 4.69) is 28.6 Å². The first-order valence-corrected chi connectivity index (χ1v) is 12.7. The topological polar surface area (TPSA) is 134 Å². The molecule has 202 valence electrons. The van der Waals surface area contributed by atoms with Crippen LogP contribution in [0.25, 0.3) is 0 Å². The van der Waals surface area contributed by atoms with Crippen LogP contribution in [0.5, 0.6) is 5.75 Å². The monoisotopic (exact) mass is 523 g/mol. The number of nitrogens with one attached hydrogen (secondary N) is 3. The first-order chi connectivity index (χ1) is 16.9. The van der Waals surface area contributed by atoms with Gasteiger partial charge in [-0.1, -0.05) is 39.8 Å². The summed E-state index contributed by atoms with van der Waals surface area (Å²) in [5.41, 5.74) is 0.844. The average Bonchev–Trinajstić information content (AvgIpc) is 2.80. The Kier molecular flexibility index (Phi) is 13.4. The van der Waals surface area contributed by atoms with E-state index in [1.165, 1.54) is 7.05 Å². The highest BCUT2D eigenvalue weighted by Gasteiger charge is 2.32. The molecule has 36 heavy (non-hydrogen) atoms. The first kappa shape index (κ1) is 31.3. The van der Waals surface area contributed by atoms with Gasteiger partial charge in [-0.25, -0.2) is 4.79 Å². The highest BCUT2D eigenvalue weighted by molar-refractivity contribution is 7.81. The Morgan fingerprint density at radius 1 is 0.917 bits per heavy atom. The molecule has 0 aliphatic heterocycles. The lowest BCUT2D eigenvalue weighted by molar-refractivity contribution is -0.142. The van der Waals surface area contributed by atoms with Crippen molar-refractivity contribution in [2.45, 2.75) is 70.7 Å². The molecule has 1 aromatic rings. The summed E-state index contributed by atoms with van der Waals surface area (Å²) >= 11 is 4.56. The molecule has 1 rings (SSSR count). The molecule has 10 heteroatoms. The van der Waals surface area contributed by atoms with Crippen LogP contribution in [-0.2, 0) is 25.6 Å². The smallest absolute Gasteiger partial charge is 0.326 e. The number of hydrogen-bond donors (Lipinski definition) is 5. The maximum atomic E-state index is 13.3. The maximum absolute atomic E-state index is 13.3. The predicted octanol–water partition coefficient (Wildman–Crippen LogP) is 2.43. The summed E-state index contributed by atoms with van der Waals surface area (Å²) in [5, 5.41) is 16.7. The number of carbonyl (C=O) groups is 4. The predicted molar refractivity (Wildman–Crippen MR) is 142 cm³/mol. The Hall–Kier alpha value is -2.75. The summed E-state index contributed by atoms with van der Waals surface area (Å²) in [7, 11) is 3.07. The van der Waals surface area contributed by atoms with E-state index in [0.29, 0.717) is 18.6 Å². The molecule has 1 aromatic carbocycles. The minimum absolute atomic E-state index is 0.0880. The zero-order valence-corrected chi connectivity index (χ0v) is 22.9. The fourth-order valence-electron chi connectivity index (χ4n) is 3.88. The van der Waals surface area contributed by atoms with Crippen LogP contribution in [0.15, 0.2) is 24.3 Å². The quantitative estimate of drug-likeness (QED) is 0.224. The maximum Gasteiger partial charge on any atom is 0.326 e. The number of aliphatic carboxylic acids is 1. The van der Waals surface area contributed by atoms with E-state index in [1.54, 1.807) is 19.2 Å². The SMILES string of the molecule is CNC(=O)[C@H](Cc1ccc(OC)cc1)NC(=O)C(CC(C)C)C(S)CC(=O)N[C@H](CC(C)C)C(=O)O. The number of carboxylic acids is 1. The first-order valence-electron chi connectivity index (χ1n) is 12.2. The van der Waals surface area contributed by atoms with Crippen molar-refractivity contribution in [2.75, 3.05) is 14.2 Å². The summed E-state index contributed by atoms with van der Waals surface area (Å²) in [5.74, 6) is -2.05. The number of rotatable bonds is 15. The molecule has 0 radical (unpaired) electrons. The summed E-state index contributed by atoms with van der Waals surface area (Å²) < 4.78 is 5.17. The third-order valence-corrected chi connectivity index (χ3v) is 6.28. The summed E-state index contributed by atoms with van der Waals surface area (Å²) in [6.07, 6.45) is 0.897. The Morgan fingerprint density at radius 3 is 1.97 bits per heavy atom. The molecule has 0 aliphatic carbocycles. The number of carboxylic acid groups (broad SMARTS) is 1. The molecular weight excluding hydrogens is 482 g/mol. The molecule has 2 unspecified atom stereocenters. The van der Waals surface area contributed by atoms with Gasteiger partial charge in [0.25, 0.3) is 0 Å². The van der Waals surface area contributed by atoms with Crippen LogP contribution in [-0.4, -0.2) is 60.3 Å². The Labute approximate surface area is 219 Å². The third-order valence-electron chi connectivity index (χ3n) is 5.74. The van der Waals surface area contributed by atoms with Crippen LogP contribution in [0.4, 0.5) is 0 Å². The fraction of sp³-hybridized carbons (Fsp3) is 0.615. The Balaban J connectivity index is 2.97. The van der Waals surface area contributed by atoms with Gasteiger partial charge in [-0.15, -0.1) is 0 Å². The number of likely N-dealkylation sites (N-methyl/N-ethyl adjacent to an activating group) is 1. The van der Waals surface area contributed by atoms with Gasteiger partial charge < -0.3 is 25.8 Å². The average molecular weight is 524 g/mol. The molecule has 0 aliphatic rings. The number of ether oxygens (including phenoxy) is 1. The van der Waals surface area contributed by atoms with Crippen LogP contribution in [0, 0.1) is 17.8 Å². The van der Waals surface area contributed by atoms with E-state index in [9.17, 15) is 24.3 Å². The van der Waals surface area contributed by atoms with Crippen LogP contribution >= 0.6 is 12.6 Å². The highest BCUT2D eigenvalue weighted by atomic mass is 32.1. The molecule has 0 spiro atoms. The normalized spacial score (nSPS) is 14.5. The molecule has 3 amide bonds. The Bertz CT molecular complexity index is 875. The number of amides is 3. The largest absolute Gasteiger partial charge is 0.497 e. The van der Waals surface area contributed by atoms with Crippen molar-refractivity contribution >= 4 is 36.3 Å². The van der Waals surface area contributed by atoms with Gasteiger partial charge in [0.1, 0.15) is 17.8 Å². The van der Waals surface area contributed by atoms with E-state index in [1.807, 2.05) is 39.8 Å².